The van der Waals surface area contributed by atoms with Crippen molar-refractivity contribution in [1.82, 2.24) is 4.98 Å². The molecule has 0 aliphatic rings. The molecule has 3 rings (SSSR count). The minimum Gasteiger partial charge on any atom is -0.489 e. The van der Waals surface area contributed by atoms with Gasteiger partial charge in [-0.05, 0) is 68.0 Å². The van der Waals surface area contributed by atoms with Crippen LogP contribution in [0, 0.1) is 6.92 Å². The van der Waals surface area contributed by atoms with Crippen molar-refractivity contribution < 1.29 is 14.6 Å². The Labute approximate surface area is 162 Å². The third-order valence-corrected chi connectivity index (χ3v) is 4.68. The number of carboxylic acids is 1. The van der Waals surface area contributed by atoms with Crippen LogP contribution in [0.3, 0.4) is 0 Å². The number of thiazole rings is 1. The Morgan fingerprint density at radius 3 is 2.44 bits per heavy atom. The molecule has 0 radical (unpaired) electrons. The number of hydrogen-bond acceptors (Lipinski definition) is 5. The van der Waals surface area contributed by atoms with Crippen molar-refractivity contribution in [2.45, 2.75) is 13.8 Å². The molecule has 0 saturated heterocycles. The Morgan fingerprint density at radius 2 is 1.85 bits per heavy atom. The Bertz CT molecular complexity index is 960. The molecule has 5 nitrogen and oxygen atoms in total. The van der Waals surface area contributed by atoms with E-state index in [1.807, 2.05) is 38.1 Å². The monoisotopic (exact) mass is 380 g/mol. The fourth-order valence-electron chi connectivity index (χ4n) is 2.45. The Kier molecular flexibility index (Phi) is 5.57. The number of carboxylic acid groups (broad SMARTS) is 1. The van der Waals surface area contributed by atoms with Crippen molar-refractivity contribution in [3.05, 3.63) is 71.1 Å². The summed E-state index contributed by atoms with van der Waals surface area (Å²) >= 11 is 1.55. The smallest absolute Gasteiger partial charge is 0.335 e. The maximum atomic E-state index is 10.9. The van der Waals surface area contributed by atoms with Gasteiger partial charge in [0.2, 0.25) is 0 Å². The number of aromatic carboxylic acids is 1. The first kappa shape index (κ1) is 18.7. The summed E-state index contributed by atoms with van der Waals surface area (Å²) in [5.41, 5.74) is 3.95. The number of anilines is 2. The van der Waals surface area contributed by atoms with Crippen LogP contribution < -0.4 is 10.1 Å². The number of aromatic nitrogens is 1. The summed E-state index contributed by atoms with van der Waals surface area (Å²) < 4.78 is 5.63. The first-order chi connectivity index (χ1) is 12.9. The van der Waals surface area contributed by atoms with Gasteiger partial charge in [0, 0.05) is 16.1 Å². The molecule has 0 unspecified atom stereocenters. The van der Waals surface area contributed by atoms with E-state index in [-0.39, 0.29) is 5.56 Å². The molecule has 0 amide bonds. The lowest BCUT2D eigenvalue weighted by Crippen LogP contribution is -1.97. The van der Waals surface area contributed by atoms with E-state index in [4.69, 9.17) is 9.84 Å². The second-order valence-corrected chi connectivity index (χ2v) is 7.40. The zero-order chi connectivity index (χ0) is 19.4. The molecule has 1 aromatic heterocycles. The van der Waals surface area contributed by atoms with Gasteiger partial charge in [-0.15, -0.1) is 11.3 Å². The molecule has 0 spiro atoms. The van der Waals surface area contributed by atoms with Crippen LogP contribution in [0.5, 0.6) is 5.75 Å². The second kappa shape index (κ2) is 8.05. The maximum absolute atomic E-state index is 10.9. The van der Waals surface area contributed by atoms with Crippen molar-refractivity contribution in [2.75, 3.05) is 11.9 Å². The number of hydrogen-bond donors (Lipinski definition) is 2. The van der Waals surface area contributed by atoms with Gasteiger partial charge < -0.3 is 15.2 Å². The zero-order valence-electron chi connectivity index (χ0n) is 15.2. The molecule has 0 bridgehead atoms. The molecule has 0 aliphatic carbocycles. The van der Waals surface area contributed by atoms with Gasteiger partial charge in [-0.25, -0.2) is 9.78 Å². The van der Waals surface area contributed by atoms with Gasteiger partial charge in [-0.1, -0.05) is 6.58 Å². The van der Waals surface area contributed by atoms with Gasteiger partial charge in [-0.3, -0.25) is 0 Å². The van der Waals surface area contributed by atoms with Crippen LogP contribution in [-0.4, -0.2) is 22.7 Å². The summed E-state index contributed by atoms with van der Waals surface area (Å²) in [5.74, 6) is -0.142. The molecule has 0 atom stereocenters. The Morgan fingerprint density at radius 1 is 1.19 bits per heavy atom. The maximum Gasteiger partial charge on any atom is 0.335 e. The molecule has 138 valence electrons. The largest absolute Gasteiger partial charge is 0.489 e. The highest BCUT2D eigenvalue weighted by Gasteiger charge is 2.11. The minimum atomic E-state index is -0.940. The molecule has 2 aromatic carbocycles. The van der Waals surface area contributed by atoms with Gasteiger partial charge in [0.05, 0.1) is 11.3 Å². The number of ether oxygens (including phenoxy) is 1. The van der Waals surface area contributed by atoms with E-state index >= 15 is 0 Å². The Balaban J connectivity index is 1.74. The minimum absolute atomic E-state index is 0.255. The van der Waals surface area contributed by atoms with Crippen molar-refractivity contribution in [3.63, 3.8) is 0 Å². The first-order valence-electron chi connectivity index (χ1n) is 8.38. The summed E-state index contributed by atoms with van der Waals surface area (Å²) in [6, 6.07) is 14.4. The van der Waals surface area contributed by atoms with Gasteiger partial charge in [0.15, 0.2) is 5.13 Å². The number of aryl methyl sites for hydroxylation is 1. The fraction of sp³-hybridized carbons (Fsp3) is 0.143. The van der Waals surface area contributed by atoms with Crippen molar-refractivity contribution >= 4 is 28.1 Å². The molecule has 1 heterocycles. The number of rotatable bonds is 7. The summed E-state index contributed by atoms with van der Waals surface area (Å²) in [6.45, 7) is 8.28. The van der Waals surface area contributed by atoms with E-state index < -0.39 is 5.97 Å². The van der Waals surface area contributed by atoms with E-state index in [0.29, 0.717) is 6.61 Å². The van der Waals surface area contributed by atoms with Crippen LogP contribution in [0.2, 0.25) is 0 Å². The number of carbonyl (C=O) groups is 1. The lowest BCUT2D eigenvalue weighted by molar-refractivity contribution is 0.0697. The summed E-state index contributed by atoms with van der Waals surface area (Å²) in [4.78, 5) is 16.7. The van der Waals surface area contributed by atoms with Gasteiger partial charge >= 0.3 is 5.97 Å². The lowest BCUT2D eigenvalue weighted by atomic mass is 10.1. The molecule has 0 aliphatic heterocycles. The number of nitrogens with one attached hydrogen (secondary N) is 1. The van der Waals surface area contributed by atoms with Crippen molar-refractivity contribution in [1.29, 1.82) is 0 Å². The molecular weight excluding hydrogens is 360 g/mol. The second-order valence-electron chi connectivity index (χ2n) is 6.20. The third kappa shape index (κ3) is 4.74. The predicted molar refractivity (Wildman–Crippen MR) is 109 cm³/mol. The highest BCUT2D eigenvalue weighted by molar-refractivity contribution is 7.16. The quantitative estimate of drug-likeness (QED) is 0.529. The van der Waals surface area contributed by atoms with Gasteiger partial charge in [0.1, 0.15) is 12.4 Å². The van der Waals surface area contributed by atoms with E-state index in [1.165, 1.54) is 0 Å². The highest BCUT2D eigenvalue weighted by atomic mass is 32.1. The average Bonchev–Trinajstić information content (AvgIpc) is 3.01. The fourth-order valence-corrected chi connectivity index (χ4v) is 3.31. The Hall–Kier alpha value is -3.12. The van der Waals surface area contributed by atoms with Gasteiger partial charge in [0.25, 0.3) is 0 Å². The topological polar surface area (TPSA) is 71.5 Å². The summed E-state index contributed by atoms with van der Waals surface area (Å²) in [6.07, 6.45) is 0. The van der Waals surface area contributed by atoms with E-state index in [9.17, 15) is 4.79 Å². The summed E-state index contributed by atoms with van der Waals surface area (Å²) in [7, 11) is 0. The standard InChI is InChI=1S/C21H20N2O3S/c1-13(2)12-26-18-10-6-15(7-11-18)19-14(3)27-21(23-19)22-17-8-4-16(5-9-17)20(24)25/h4-11H,1,12H2,2-3H3,(H,22,23)(H,24,25). The van der Waals surface area contributed by atoms with E-state index in [2.05, 4.69) is 16.9 Å². The average molecular weight is 380 g/mol. The SMILES string of the molecule is C=C(C)COc1ccc(-c2nc(Nc3ccc(C(=O)O)cc3)sc2C)cc1. The van der Waals surface area contributed by atoms with Crippen LogP contribution in [0.15, 0.2) is 60.7 Å². The first-order valence-corrected chi connectivity index (χ1v) is 9.19. The normalized spacial score (nSPS) is 10.4. The lowest BCUT2D eigenvalue weighted by Gasteiger charge is -2.06. The van der Waals surface area contributed by atoms with Crippen LogP contribution >= 0.6 is 11.3 Å². The van der Waals surface area contributed by atoms with Gasteiger partial charge in [-0.2, -0.15) is 0 Å². The molecule has 2 N–H and O–H groups in total. The van der Waals surface area contributed by atoms with Crippen LogP contribution in [-0.2, 0) is 0 Å². The summed E-state index contributed by atoms with van der Waals surface area (Å²) in [5, 5.41) is 13.0. The van der Waals surface area contributed by atoms with Crippen molar-refractivity contribution in [2.24, 2.45) is 0 Å². The molecule has 6 heteroatoms. The molecule has 0 fully saturated rings. The molecule has 0 saturated carbocycles. The predicted octanol–water partition coefficient (Wildman–Crippen LogP) is 5.52. The zero-order valence-corrected chi connectivity index (χ0v) is 16.0. The van der Waals surface area contributed by atoms with E-state index in [0.717, 1.165) is 38.3 Å². The highest BCUT2D eigenvalue weighted by Crippen LogP contribution is 2.32. The number of nitrogens with zero attached hydrogens (tertiary/aromatic N) is 1. The van der Waals surface area contributed by atoms with Crippen LogP contribution in [0.25, 0.3) is 11.3 Å². The molecule has 27 heavy (non-hydrogen) atoms. The van der Waals surface area contributed by atoms with E-state index in [1.54, 1.807) is 35.6 Å². The van der Waals surface area contributed by atoms with Crippen LogP contribution in [0.1, 0.15) is 22.2 Å². The molecular formula is C21H20N2O3S. The third-order valence-electron chi connectivity index (χ3n) is 3.79. The number of benzene rings is 2. The van der Waals surface area contributed by atoms with Crippen molar-refractivity contribution in [3.8, 4) is 17.0 Å². The van der Waals surface area contributed by atoms with Crippen LogP contribution in [0.4, 0.5) is 10.8 Å². The molecule has 3 aromatic rings.